The molecule has 54 heavy (non-hydrogen) atoms. The van der Waals surface area contributed by atoms with E-state index in [0.717, 1.165) is 37.5 Å². The average molecular weight is 748 g/mol. The third kappa shape index (κ3) is 9.94. The predicted molar refractivity (Wildman–Crippen MR) is 195 cm³/mol. The van der Waals surface area contributed by atoms with Gasteiger partial charge in [0.05, 0.1) is 29.5 Å². The van der Waals surface area contributed by atoms with E-state index in [4.69, 9.17) is 10.8 Å². The number of aromatic nitrogens is 4. The van der Waals surface area contributed by atoms with Crippen molar-refractivity contribution in [2.24, 2.45) is 11.7 Å². The number of carbonyl (C=O) groups is 6. The second-order valence-electron chi connectivity index (χ2n) is 14.7. The van der Waals surface area contributed by atoms with E-state index in [2.05, 4.69) is 31.2 Å². The van der Waals surface area contributed by atoms with Gasteiger partial charge >= 0.3 is 6.09 Å². The number of hydrogen-bond donors (Lipinski definition) is 6. The lowest BCUT2D eigenvalue weighted by atomic mass is 9.84. The highest BCUT2D eigenvalue weighted by Crippen LogP contribution is 2.33. The molecule has 1 aliphatic heterocycles. The summed E-state index contributed by atoms with van der Waals surface area (Å²) in [5.41, 5.74) is 5.07. The number of primary amides is 1. The zero-order chi connectivity index (χ0) is 39.0. The molecule has 2 aromatic heterocycles. The maximum atomic E-state index is 14.8. The number of fused-ring (bicyclic) bond motifs is 1. The Morgan fingerprint density at radius 3 is 2.43 bits per heavy atom. The van der Waals surface area contributed by atoms with Gasteiger partial charge in [0.15, 0.2) is 0 Å². The van der Waals surface area contributed by atoms with E-state index in [1.165, 1.54) is 15.8 Å². The molecule has 1 aromatic carbocycles. The smallest absolute Gasteiger partial charge is 0.404 e. The number of ketones is 1. The van der Waals surface area contributed by atoms with Crippen molar-refractivity contribution in [3.63, 3.8) is 0 Å². The third-order valence-corrected chi connectivity index (χ3v) is 10.2. The highest BCUT2D eigenvalue weighted by molar-refractivity contribution is 6.37. The summed E-state index contributed by atoms with van der Waals surface area (Å²) < 4.78 is 1.47. The van der Waals surface area contributed by atoms with Crippen molar-refractivity contribution in [3.05, 3.63) is 54.0 Å². The minimum atomic E-state index is -1.36. The van der Waals surface area contributed by atoms with Crippen LogP contribution in [0.5, 0.6) is 0 Å². The average Bonchev–Trinajstić information content (AvgIpc) is 3.82. The van der Waals surface area contributed by atoms with E-state index < -0.39 is 65.3 Å². The number of rotatable bonds is 16. The first-order chi connectivity index (χ1) is 25.7. The van der Waals surface area contributed by atoms with Gasteiger partial charge in [0, 0.05) is 24.9 Å². The van der Waals surface area contributed by atoms with Crippen LogP contribution in [0, 0.1) is 5.92 Å². The standard InChI is InChI=1S/C37H49N9O8/c1-37(2,54)30-20-40-44-46(30)24-19-29(34(50)42-26(31(47)32(38)48)14-8-9-17-39-36(52)53)45(21-24)35(51)28(18-22-10-4-3-5-11-22)43-33(49)27-16-15-23-12-6-7-13-25(23)41-27/h6-7,12-13,15-16,20,22,24,26,28-29,39,54H,3-5,8-11,14,17-19,21H2,1-2H3,(H2,38,48)(H,42,50)(H,43,49)(H,52,53)/t24-,26?,28?,29-/m0/s1. The highest BCUT2D eigenvalue weighted by atomic mass is 16.4. The number of carbonyl (C=O) groups excluding carboxylic acids is 5. The van der Waals surface area contributed by atoms with Crippen molar-refractivity contribution in [3.8, 4) is 0 Å². The monoisotopic (exact) mass is 747 g/mol. The number of carboxylic acid groups (broad SMARTS) is 1. The van der Waals surface area contributed by atoms with E-state index >= 15 is 0 Å². The van der Waals surface area contributed by atoms with Crippen molar-refractivity contribution >= 4 is 46.4 Å². The van der Waals surface area contributed by atoms with Crippen LogP contribution in [0.4, 0.5) is 4.79 Å². The molecule has 2 fully saturated rings. The fourth-order valence-electron chi connectivity index (χ4n) is 7.41. The number of pyridine rings is 1. The molecule has 1 aliphatic carbocycles. The zero-order valence-electron chi connectivity index (χ0n) is 30.6. The van der Waals surface area contributed by atoms with Gasteiger partial charge in [0.2, 0.25) is 17.6 Å². The Kier molecular flexibility index (Phi) is 12.9. The summed E-state index contributed by atoms with van der Waals surface area (Å²) in [4.78, 5) is 84.2. The molecule has 5 rings (SSSR count). The van der Waals surface area contributed by atoms with Crippen LogP contribution in [0.15, 0.2) is 42.6 Å². The van der Waals surface area contributed by atoms with Gasteiger partial charge in [-0.2, -0.15) is 0 Å². The lowest BCUT2D eigenvalue weighted by molar-refractivity contribution is -0.142. The molecule has 4 atom stereocenters. The molecule has 3 heterocycles. The van der Waals surface area contributed by atoms with Crippen LogP contribution < -0.4 is 21.7 Å². The molecular formula is C37H49N9O8. The summed E-state index contributed by atoms with van der Waals surface area (Å²) in [6.07, 6.45) is 5.97. The van der Waals surface area contributed by atoms with Crippen molar-refractivity contribution in [1.82, 2.24) is 40.8 Å². The molecule has 290 valence electrons. The minimum absolute atomic E-state index is 0.00997. The number of hydrogen-bond acceptors (Lipinski definition) is 10. The van der Waals surface area contributed by atoms with Gasteiger partial charge in [-0.25, -0.2) is 14.5 Å². The normalized spacial score (nSPS) is 18.8. The summed E-state index contributed by atoms with van der Waals surface area (Å²) in [5, 5.41) is 36.5. The number of benzene rings is 1. The lowest BCUT2D eigenvalue weighted by Gasteiger charge is -2.32. The zero-order valence-corrected chi connectivity index (χ0v) is 30.6. The van der Waals surface area contributed by atoms with E-state index in [0.29, 0.717) is 24.1 Å². The summed E-state index contributed by atoms with van der Waals surface area (Å²) in [5.74, 6) is -3.92. The molecule has 17 nitrogen and oxygen atoms in total. The van der Waals surface area contributed by atoms with Crippen molar-refractivity contribution in [2.75, 3.05) is 13.1 Å². The van der Waals surface area contributed by atoms with Gasteiger partial charge in [-0.15, -0.1) is 5.10 Å². The number of para-hydroxylation sites is 1. The fourth-order valence-corrected chi connectivity index (χ4v) is 7.41. The molecule has 0 bridgehead atoms. The van der Waals surface area contributed by atoms with E-state index in [-0.39, 0.29) is 44.0 Å². The molecule has 1 saturated heterocycles. The minimum Gasteiger partial charge on any atom is -0.465 e. The third-order valence-electron chi connectivity index (χ3n) is 10.2. The number of nitrogens with one attached hydrogen (secondary N) is 3. The number of nitrogens with two attached hydrogens (primary N) is 1. The number of amides is 5. The second kappa shape index (κ2) is 17.6. The van der Waals surface area contributed by atoms with Gasteiger partial charge in [0.1, 0.15) is 23.4 Å². The summed E-state index contributed by atoms with van der Waals surface area (Å²) in [6.45, 7) is 3.18. The summed E-state index contributed by atoms with van der Waals surface area (Å²) >= 11 is 0. The number of nitrogens with zero attached hydrogens (tertiary/aromatic N) is 5. The quantitative estimate of drug-likeness (QED) is 0.0912. The van der Waals surface area contributed by atoms with E-state index in [9.17, 15) is 33.9 Å². The van der Waals surface area contributed by atoms with Crippen LogP contribution in [0.2, 0.25) is 0 Å². The molecule has 0 spiro atoms. The Morgan fingerprint density at radius 2 is 1.72 bits per heavy atom. The Balaban J connectivity index is 1.44. The van der Waals surface area contributed by atoms with Gasteiger partial charge in [-0.05, 0) is 57.6 Å². The van der Waals surface area contributed by atoms with Gasteiger partial charge < -0.3 is 36.8 Å². The highest BCUT2D eigenvalue weighted by Gasteiger charge is 2.45. The molecule has 2 unspecified atom stereocenters. The Morgan fingerprint density at radius 1 is 0.981 bits per heavy atom. The van der Waals surface area contributed by atoms with Gasteiger partial charge in [-0.3, -0.25) is 24.0 Å². The van der Waals surface area contributed by atoms with Gasteiger partial charge in [-0.1, -0.05) is 61.6 Å². The van der Waals surface area contributed by atoms with Crippen LogP contribution in [0.3, 0.4) is 0 Å². The van der Waals surface area contributed by atoms with Crippen molar-refractivity contribution in [1.29, 1.82) is 0 Å². The largest absolute Gasteiger partial charge is 0.465 e. The lowest BCUT2D eigenvalue weighted by Crippen LogP contribution is -2.56. The molecule has 3 aromatic rings. The van der Waals surface area contributed by atoms with Crippen molar-refractivity contribution in [2.45, 2.75) is 108 Å². The van der Waals surface area contributed by atoms with E-state index in [1.54, 1.807) is 32.0 Å². The number of likely N-dealkylation sites (tertiary alicyclic amines) is 1. The van der Waals surface area contributed by atoms with Gasteiger partial charge in [0.25, 0.3) is 11.8 Å². The fraction of sp³-hybridized carbons (Fsp3) is 0.541. The van der Waals surface area contributed by atoms with Crippen LogP contribution in [-0.2, 0) is 24.8 Å². The van der Waals surface area contributed by atoms with Crippen LogP contribution in [-0.4, -0.2) is 102 Å². The predicted octanol–water partition coefficient (Wildman–Crippen LogP) is 1.94. The maximum absolute atomic E-state index is 14.8. The number of Topliss-reactive ketones (excluding diaryl/α,β-unsaturated/α-hetero) is 1. The summed E-state index contributed by atoms with van der Waals surface area (Å²) in [7, 11) is 0. The van der Waals surface area contributed by atoms with Crippen LogP contribution in [0.1, 0.15) is 100 Å². The molecule has 5 amide bonds. The topological polar surface area (TPSA) is 252 Å². The Hall–Kier alpha value is -5.45. The SMILES string of the molecule is CC(C)(O)c1cnnn1[C@H]1C[C@@H](C(=O)NC(CCCCNC(=O)O)C(=O)C(N)=O)N(C(=O)C(CC2CCCCC2)NC(=O)c2ccc3ccccc3n2)C1. The first kappa shape index (κ1) is 39.8. The molecule has 17 heteroatoms. The number of unbranched alkanes of at least 4 members (excludes halogenated alkanes) is 1. The summed E-state index contributed by atoms with van der Waals surface area (Å²) in [6, 6.07) is 6.57. The maximum Gasteiger partial charge on any atom is 0.404 e. The van der Waals surface area contributed by atoms with Crippen LogP contribution in [0.25, 0.3) is 10.9 Å². The Labute approximate surface area is 312 Å². The molecule has 1 saturated carbocycles. The number of aliphatic hydroxyl groups is 1. The van der Waals surface area contributed by atoms with Crippen LogP contribution >= 0.6 is 0 Å². The first-order valence-electron chi connectivity index (χ1n) is 18.4. The molecule has 0 radical (unpaired) electrons. The Bertz CT molecular complexity index is 1850. The van der Waals surface area contributed by atoms with Crippen molar-refractivity contribution < 1.29 is 39.0 Å². The van der Waals surface area contributed by atoms with E-state index in [1.807, 2.05) is 18.2 Å². The molecule has 7 N–H and O–H groups in total. The first-order valence-corrected chi connectivity index (χ1v) is 18.4. The molecular weight excluding hydrogens is 698 g/mol. The second-order valence-corrected chi connectivity index (χ2v) is 14.7. The molecule has 2 aliphatic rings.